The highest BCUT2D eigenvalue weighted by Crippen LogP contribution is 2.17. The van der Waals surface area contributed by atoms with E-state index in [-0.39, 0.29) is 11.7 Å². The van der Waals surface area contributed by atoms with Crippen LogP contribution in [0.25, 0.3) is 4.96 Å². The van der Waals surface area contributed by atoms with Crippen LogP contribution < -0.4 is 5.56 Å². The van der Waals surface area contributed by atoms with E-state index in [4.69, 9.17) is 9.72 Å². The van der Waals surface area contributed by atoms with Crippen LogP contribution >= 0.6 is 11.3 Å². The second-order valence-electron chi connectivity index (χ2n) is 6.71. The van der Waals surface area contributed by atoms with Gasteiger partial charge in [-0.3, -0.25) is 19.1 Å². The maximum Gasteiger partial charge on any atom is 0.258 e. The van der Waals surface area contributed by atoms with Crippen molar-refractivity contribution in [3.05, 3.63) is 63.3 Å². The normalized spacial score (nSPS) is 17.4. The average Bonchev–Trinajstić information content (AvgIpc) is 3.25. The second kappa shape index (κ2) is 7.65. The fourth-order valence-corrected chi connectivity index (χ4v) is 4.20. The minimum Gasteiger partial charge on any atom is -0.377 e. The molecule has 1 fully saturated rings. The van der Waals surface area contributed by atoms with Gasteiger partial charge in [-0.2, -0.15) is 0 Å². The smallest absolute Gasteiger partial charge is 0.258 e. The van der Waals surface area contributed by atoms with Gasteiger partial charge in [0.2, 0.25) is 0 Å². The summed E-state index contributed by atoms with van der Waals surface area (Å²) in [4.78, 5) is 25.6. The summed E-state index contributed by atoms with van der Waals surface area (Å²) in [7, 11) is 0. The molecule has 3 aromatic heterocycles. The molecule has 6 nitrogen and oxygen atoms in total. The molecule has 7 heteroatoms. The number of rotatable bonds is 6. The zero-order valence-electron chi connectivity index (χ0n) is 14.8. The van der Waals surface area contributed by atoms with Crippen molar-refractivity contribution < 1.29 is 4.74 Å². The molecule has 1 aliphatic heterocycles. The van der Waals surface area contributed by atoms with Crippen LogP contribution in [-0.2, 0) is 17.8 Å². The van der Waals surface area contributed by atoms with E-state index in [0.29, 0.717) is 13.1 Å². The summed E-state index contributed by atoms with van der Waals surface area (Å²) >= 11 is 1.54. The number of nitrogens with zero attached hydrogens (tertiary/aromatic N) is 4. The Morgan fingerprint density at radius 3 is 3.00 bits per heavy atom. The Morgan fingerprint density at radius 1 is 1.35 bits per heavy atom. The third kappa shape index (κ3) is 4.00. The maximum absolute atomic E-state index is 12.4. The minimum atomic E-state index is -0.0238. The molecular weight excluding hydrogens is 348 g/mol. The van der Waals surface area contributed by atoms with E-state index >= 15 is 0 Å². The van der Waals surface area contributed by atoms with Gasteiger partial charge in [0.1, 0.15) is 0 Å². The predicted octanol–water partition coefficient (Wildman–Crippen LogP) is 2.64. The molecule has 0 unspecified atom stereocenters. The number of hydrogen-bond donors (Lipinski definition) is 0. The molecule has 0 aromatic carbocycles. The van der Waals surface area contributed by atoms with Crippen LogP contribution in [0.15, 0.2) is 41.5 Å². The van der Waals surface area contributed by atoms with Gasteiger partial charge in [0.15, 0.2) is 4.96 Å². The van der Waals surface area contributed by atoms with Crippen molar-refractivity contribution in [2.75, 3.05) is 13.2 Å². The van der Waals surface area contributed by atoms with E-state index in [2.05, 4.69) is 9.88 Å². The molecule has 0 bridgehead atoms. The van der Waals surface area contributed by atoms with Crippen molar-refractivity contribution >= 4 is 16.3 Å². The molecule has 0 spiro atoms. The van der Waals surface area contributed by atoms with Crippen LogP contribution in [0.4, 0.5) is 0 Å². The van der Waals surface area contributed by atoms with Gasteiger partial charge in [0.25, 0.3) is 5.56 Å². The topological polar surface area (TPSA) is 59.7 Å². The summed E-state index contributed by atoms with van der Waals surface area (Å²) < 4.78 is 7.43. The molecule has 26 heavy (non-hydrogen) atoms. The molecule has 1 saturated heterocycles. The third-order valence-electron chi connectivity index (χ3n) is 4.52. The largest absolute Gasteiger partial charge is 0.377 e. The van der Waals surface area contributed by atoms with Crippen LogP contribution in [0.1, 0.15) is 29.1 Å². The second-order valence-corrected chi connectivity index (χ2v) is 7.92. The molecule has 3 aromatic rings. The van der Waals surface area contributed by atoms with E-state index in [1.54, 1.807) is 21.8 Å². The standard InChI is InChI=1S/C19H22N4O2S/c1-14-10-23-18(24)9-16(21-19(23)26-14)12-22(13-17-6-4-8-25-17)11-15-5-2-3-7-20-15/h2-3,5,7,9-10,17H,4,6,8,11-13H2,1H3/t17-/m1/s1. The SMILES string of the molecule is Cc1cn2c(=O)cc(CN(Cc3ccccn3)C[C@H]3CCCO3)nc2s1. The molecule has 4 heterocycles. The van der Waals surface area contributed by atoms with Crippen molar-refractivity contribution in [3.8, 4) is 0 Å². The summed E-state index contributed by atoms with van der Waals surface area (Å²) in [6.07, 6.45) is 6.09. The summed E-state index contributed by atoms with van der Waals surface area (Å²) in [6.45, 7) is 4.97. The highest BCUT2D eigenvalue weighted by molar-refractivity contribution is 7.16. The Kier molecular flexibility index (Phi) is 5.10. The van der Waals surface area contributed by atoms with Gasteiger partial charge in [0, 0.05) is 49.6 Å². The van der Waals surface area contributed by atoms with Crippen LogP contribution in [0.3, 0.4) is 0 Å². The molecule has 0 amide bonds. The number of aryl methyl sites for hydroxylation is 1. The van der Waals surface area contributed by atoms with E-state index in [1.807, 2.05) is 37.5 Å². The summed E-state index contributed by atoms with van der Waals surface area (Å²) in [5.41, 5.74) is 1.78. The zero-order valence-corrected chi connectivity index (χ0v) is 15.6. The monoisotopic (exact) mass is 370 g/mol. The summed E-state index contributed by atoms with van der Waals surface area (Å²) in [6, 6.07) is 7.58. The van der Waals surface area contributed by atoms with Crippen LogP contribution in [0.2, 0.25) is 0 Å². The summed E-state index contributed by atoms with van der Waals surface area (Å²) in [5, 5.41) is 0. The van der Waals surface area contributed by atoms with Crippen molar-refractivity contribution in [1.82, 2.24) is 19.3 Å². The molecule has 0 aliphatic carbocycles. The fraction of sp³-hybridized carbons (Fsp3) is 0.421. The minimum absolute atomic E-state index is 0.0238. The first-order chi connectivity index (χ1) is 12.7. The van der Waals surface area contributed by atoms with Crippen LogP contribution in [0.5, 0.6) is 0 Å². The average molecular weight is 370 g/mol. The molecule has 1 atom stereocenters. The zero-order chi connectivity index (χ0) is 17.9. The molecule has 4 rings (SSSR count). The highest BCUT2D eigenvalue weighted by atomic mass is 32.1. The molecular formula is C19H22N4O2S. The first kappa shape index (κ1) is 17.3. The molecule has 1 aliphatic rings. The van der Waals surface area contributed by atoms with Gasteiger partial charge in [-0.25, -0.2) is 4.98 Å². The summed E-state index contributed by atoms with van der Waals surface area (Å²) in [5.74, 6) is 0. The first-order valence-electron chi connectivity index (χ1n) is 8.90. The molecule has 0 N–H and O–H groups in total. The van der Waals surface area contributed by atoms with Gasteiger partial charge in [-0.1, -0.05) is 6.07 Å². The number of hydrogen-bond acceptors (Lipinski definition) is 6. The van der Waals surface area contributed by atoms with Gasteiger partial charge < -0.3 is 4.74 Å². The van der Waals surface area contributed by atoms with Gasteiger partial charge in [-0.05, 0) is 31.9 Å². The van der Waals surface area contributed by atoms with Crippen LogP contribution in [-0.4, -0.2) is 38.5 Å². The Bertz CT molecular complexity index is 932. The lowest BCUT2D eigenvalue weighted by Gasteiger charge is -2.24. The van der Waals surface area contributed by atoms with Gasteiger partial charge >= 0.3 is 0 Å². The Labute approximate surface area is 156 Å². The number of fused-ring (bicyclic) bond motifs is 1. The molecule has 0 saturated carbocycles. The van der Waals surface area contributed by atoms with Crippen molar-refractivity contribution in [3.63, 3.8) is 0 Å². The van der Waals surface area contributed by atoms with E-state index in [0.717, 1.165) is 47.2 Å². The molecule has 0 radical (unpaired) electrons. The number of aromatic nitrogens is 3. The first-order valence-corrected chi connectivity index (χ1v) is 9.71. The lowest BCUT2D eigenvalue weighted by molar-refractivity contribution is 0.0670. The lowest BCUT2D eigenvalue weighted by Crippen LogP contribution is -2.32. The highest BCUT2D eigenvalue weighted by Gasteiger charge is 2.20. The van der Waals surface area contributed by atoms with E-state index < -0.39 is 0 Å². The lowest BCUT2D eigenvalue weighted by atomic mass is 10.2. The number of pyridine rings is 1. The van der Waals surface area contributed by atoms with Crippen molar-refractivity contribution in [2.45, 2.75) is 39.0 Å². The third-order valence-corrected chi connectivity index (χ3v) is 5.42. The van der Waals surface area contributed by atoms with E-state index in [9.17, 15) is 4.79 Å². The van der Waals surface area contributed by atoms with Crippen molar-refractivity contribution in [2.24, 2.45) is 0 Å². The van der Waals surface area contributed by atoms with Gasteiger partial charge in [0.05, 0.1) is 17.5 Å². The van der Waals surface area contributed by atoms with Gasteiger partial charge in [-0.15, -0.1) is 11.3 Å². The Balaban J connectivity index is 1.57. The quantitative estimate of drug-likeness (QED) is 0.668. The fourth-order valence-electron chi connectivity index (χ4n) is 3.35. The van der Waals surface area contributed by atoms with Crippen LogP contribution in [0, 0.1) is 6.92 Å². The predicted molar refractivity (Wildman–Crippen MR) is 101 cm³/mol. The number of thiazole rings is 1. The van der Waals surface area contributed by atoms with Crippen molar-refractivity contribution in [1.29, 1.82) is 0 Å². The molecule has 136 valence electrons. The Morgan fingerprint density at radius 2 is 2.23 bits per heavy atom. The maximum atomic E-state index is 12.4. The van der Waals surface area contributed by atoms with E-state index in [1.165, 1.54) is 0 Å². The number of ether oxygens (including phenoxy) is 1. The Hall–Kier alpha value is -2.09.